The zero-order valence-electron chi connectivity index (χ0n) is 10.4. The fourth-order valence-corrected chi connectivity index (χ4v) is 2.08. The van der Waals surface area contributed by atoms with Crippen LogP contribution < -0.4 is 0 Å². The van der Waals surface area contributed by atoms with Crippen molar-refractivity contribution in [2.45, 2.75) is 19.8 Å². The summed E-state index contributed by atoms with van der Waals surface area (Å²) in [7, 11) is 0. The van der Waals surface area contributed by atoms with E-state index in [2.05, 4.69) is 5.10 Å². The van der Waals surface area contributed by atoms with Gasteiger partial charge in [0.2, 0.25) is 0 Å². The van der Waals surface area contributed by atoms with Gasteiger partial charge in [-0.3, -0.25) is 0 Å². The molecule has 0 bridgehead atoms. The molecule has 104 valence electrons. The van der Waals surface area contributed by atoms with Crippen LogP contribution in [0.25, 0.3) is 5.69 Å². The number of aromatic nitrogens is 2. The lowest BCUT2D eigenvalue weighted by molar-refractivity contribution is 0.446. The predicted octanol–water partition coefficient (Wildman–Crippen LogP) is 3.77. The van der Waals surface area contributed by atoms with Gasteiger partial charge in [-0.05, 0) is 6.42 Å². The van der Waals surface area contributed by atoms with Gasteiger partial charge >= 0.3 is 0 Å². The van der Waals surface area contributed by atoms with Gasteiger partial charge in [0.15, 0.2) is 22.6 Å². The Morgan fingerprint density at radius 1 is 1.30 bits per heavy atom. The van der Waals surface area contributed by atoms with E-state index in [1.165, 1.54) is 0 Å². The zero-order valence-corrected chi connectivity index (χ0v) is 11.2. The summed E-state index contributed by atoms with van der Waals surface area (Å²) in [5, 5.41) is 13.0. The van der Waals surface area contributed by atoms with Crippen LogP contribution in [-0.4, -0.2) is 9.78 Å². The lowest BCUT2D eigenvalue weighted by Crippen LogP contribution is -2.01. The molecule has 1 heterocycles. The largest absolute Gasteiger partial charge is 0.220 e. The number of rotatable bonds is 3. The molecular weight excluding hydrogens is 291 g/mol. The monoisotopic (exact) mass is 299 g/mol. The molecule has 0 aliphatic carbocycles. The van der Waals surface area contributed by atoms with Gasteiger partial charge in [0.1, 0.15) is 11.6 Å². The Morgan fingerprint density at radius 3 is 2.40 bits per heavy atom. The molecule has 0 amide bonds. The van der Waals surface area contributed by atoms with Gasteiger partial charge in [-0.25, -0.2) is 17.9 Å². The summed E-state index contributed by atoms with van der Waals surface area (Å²) in [5.74, 6) is -4.25. The molecule has 0 unspecified atom stereocenters. The quantitative estimate of drug-likeness (QED) is 0.810. The molecule has 7 heteroatoms. The molecule has 0 aliphatic rings. The normalized spacial score (nSPS) is 10.6. The van der Waals surface area contributed by atoms with E-state index in [1.54, 1.807) is 0 Å². The lowest BCUT2D eigenvalue weighted by atomic mass is 10.2. The number of hydrogen-bond donors (Lipinski definition) is 0. The zero-order chi connectivity index (χ0) is 14.9. The van der Waals surface area contributed by atoms with E-state index in [-0.39, 0.29) is 16.4 Å². The first kappa shape index (κ1) is 14.4. The van der Waals surface area contributed by atoms with Crippen LogP contribution in [0.4, 0.5) is 13.2 Å². The molecule has 0 atom stereocenters. The van der Waals surface area contributed by atoms with Gasteiger partial charge in [0, 0.05) is 12.1 Å². The number of benzene rings is 1. The summed E-state index contributed by atoms with van der Waals surface area (Å²) in [5.41, 5.74) is 0.508. The second kappa shape index (κ2) is 5.55. The van der Waals surface area contributed by atoms with E-state index in [1.807, 2.05) is 13.0 Å². The van der Waals surface area contributed by atoms with Crippen LogP contribution in [-0.2, 0) is 6.42 Å². The van der Waals surface area contributed by atoms with Crippen LogP contribution >= 0.6 is 11.6 Å². The van der Waals surface area contributed by atoms with Crippen LogP contribution in [0.2, 0.25) is 5.15 Å². The van der Waals surface area contributed by atoms with E-state index in [9.17, 15) is 13.2 Å². The molecule has 0 fully saturated rings. The molecule has 0 N–H and O–H groups in total. The van der Waals surface area contributed by atoms with Crippen LogP contribution in [0.1, 0.15) is 24.6 Å². The Balaban J connectivity index is 2.62. The van der Waals surface area contributed by atoms with Crippen molar-refractivity contribution in [1.82, 2.24) is 9.78 Å². The third-order valence-electron chi connectivity index (χ3n) is 2.71. The van der Waals surface area contributed by atoms with Crippen molar-refractivity contribution in [2.75, 3.05) is 0 Å². The second-order valence-electron chi connectivity index (χ2n) is 4.11. The van der Waals surface area contributed by atoms with Crippen LogP contribution in [0, 0.1) is 28.8 Å². The second-order valence-corrected chi connectivity index (χ2v) is 4.47. The fraction of sp³-hybridized carbons (Fsp3) is 0.231. The van der Waals surface area contributed by atoms with E-state index in [0.717, 1.165) is 23.2 Å². The van der Waals surface area contributed by atoms with Gasteiger partial charge in [-0.15, -0.1) is 0 Å². The van der Waals surface area contributed by atoms with Gasteiger partial charge < -0.3 is 0 Å². The summed E-state index contributed by atoms with van der Waals surface area (Å²) in [6, 6.07) is 3.45. The van der Waals surface area contributed by atoms with Crippen molar-refractivity contribution in [3.05, 3.63) is 46.0 Å². The van der Waals surface area contributed by atoms with Crippen molar-refractivity contribution >= 4 is 11.6 Å². The van der Waals surface area contributed by atoms with E-state index in [0.29, 0.717) is 12.1 Å². The van der Waals surface area contributed by atoms with E-state index >= 15 is 0 Å². The van der Waals surface area contributed by atoms with Gasteiger partial charge in [0.05, 0.1) is 11.4 Å². The number of aryl methyl sites for hydroxylation is 1. The summed E-state index contributed by atoms with van der Waals surface area (Å²) >= 11 is 5.98. The minimum Gasteiger partial charge on any atom is -0.220 e. The third kappa shape index (κ3) is 2.37. The number of halogens is 4. The van der Waals surface area contributed by atoms with Gasteiger partial charge in [-0.1, -0.05) is 24.9 Å². The molecular formula is C13H9ClF3N3. The van der Waals surface area contributed by atoms with Crippen LogP contribution in [0.15, 0.2) is 12.1 Å². The Morgan fingerprint density at radius 2 is 1.90 bits per heavy atom. The summed E-state index contributed by atoms with van der Waals surface area (Å²) < 4.78 is 40.4. The molecule has 20 heavy (non-hydrogen) atoms. The number of nitriles is 1. The Kier molecular flexibility index (Phi) is 4.00. The van der Waals surface area contributed by atoms with Crippen LogP contribution in [0.3, 0.4) is 0 Å². The number of hydrogen-bond acceptors (Lipinski definition) is 2. The molecule has 3 nitrogen and oxygen atoms in total. The summed E-state index contributed by atoms with van der Waals surface area (Å²) in [6.07, 6.45) is 1.23. The highest BCUT2D eigenvalue weighted by atomic mass is 35.5. The first-order valence-electron chi connectivity index (χ1n) is 5.82. The average Bonchev–Trinajstić information content (AvgIpc) is 2.72. The predicted molar refractivity (Wildman–Crippen MR) is 67.2 cm³/mol. The summed E-state index contributed by atoms with van der Waals surface area (Å²) in [6.45, 7) is 1.89. The highest BCUT2D eigenvalue weighted by Gasteiger charge is 2.19. The van der Waals surface area contributed by atoms with Gasteiger partial charge in [0.25, 0.3) is 0 Å². The fourth-order valence-electron chi connectivity index (χ4n) is 1.80. The molecule has 0 saturated heterocycles. The average molecular weight is 300 g/mol. The molecule has 2 aromatic rings. The van der Waals surface area contributed by atoms with E-state index < -0.39 is 17.5 Å². The minimum absolute atomic E-state index is 0.0543. The molecule has 0 spiro atoms. The minimum atomic E-state index is -1.56. The first-order chi connectivity index (χ1) is 9.49. The molecule has 0 aliphatic heterocycles. The number of nitrogens with zero attached hydrogens (tertiary/aromatic N) is 3. The van der Waals surface area contributed by atoms with Crippen molar-refractivity contribution in [2.24, 2.45) is 0 Å². The lowest BCUT2D eigenvalue weighted by Gasteiger charge is -2.04. The maximum Gasteiger partial charge on any atom is 0.194 e. The van der Waals surface area contributed by atoms with Crippen LogP contribution in [0.5, 0.6) is 0 Å². The molecule has 1 aromatic carbocycles. The molecule has 2 rings (SSSR count). The van der Waals surface area contributed by atoms with Crippen molar-refractivity contribution in [1.29, 1.82) is 5.26 Å². The van der Waals surface area contributed by atoms with E-state index in [4.69, 9.17) is 16.9 Å². The SMILES string of the molecule is CCCc1nn(-c2cc(F)c(F)c(F)c2)c(Cl)c1C#N. The standard InChI is InChI=1S/C13H9ClF3N3/c1-2-3-11-8(6-18)13(14)20(19-11)7-4-9(15)12(17)10(16)5-7/h4-5H,2-3H2,1H3. The molecule has 1 aromatic heterocycles. The Bertz CT molecular complexity index is 681. The highest BCUT2D eigenvalue weighted by Crippen LogP contribution is 2.25. The van der Waals surface area contributed by atoms with Crippen molar-refractivity contribution in [3.8, 4) is 11.8 Å². The Labute approximate surface area is 118 Å². The van der Waals surface area contributed by atoms with Gasteiger partial charge in [-0.2, -0.15) is 10.4 Å². The Hall–Kier alpha value is -2.00. The molecule has 0 saturated carbocycles. The van der Waals surface area contributed by atoms with Crippen molar-refractivity contribution < 1.29 is 13.2 Å². The maximum absolute atomic E-state index is 13.2. The van der Waals surface area contributed by atoms with Crippen molar-refractivity contribution in [3.63, 3.8) is 0 Å². The highest BCUT2D eigenvalue weighted by molar-refractivity contribution is 6.31. The topological polar surface area (TPSA) is 41.6 Å². The maximum atomic E-state index is 13.2. The third-order valence-corrected chi connectivity index (χ3v) is 3.06. The first-order valence-corrected chi connectivity index (χ1v) is 6.19. The molecule has 0 radical (unpaired) electrons. The smallest absolute Gasteiger partial charge is 0.194 e. The summed E-state index contributed by atoms with van der Waals surface area (Å²) in [4.78, 5) is 0.